The van der Waals surface area contributed by atoms with E-state index in [2.05, 4.69) is 20.8 Å². The van der Waals surface area contributed by atoms with Crippen LogP contribution < -0.4 is 10.6 Å². The first-order valence-electron chi connectivity index (χ1n) is 8.25. The first-order valence-corrected chi connectivity index (χ1v) is 9.23. The van der Waals surface area contributed by atoms with Crippen molar-refractivity contribution in [3.63, 3.8) is 0 Å². The molecule has 2 heterocycles. The number of nitrogens with one attached hydrogen (secondary N) is 2. The van der Waals surface area contributed by atoms with Crippen LogP contribution in [0.4, 0.5) is 4.79 Å². The van der Waals surface area contributed by atoms with Crippen LogP contribution in [0.5, 0.6) is 0 Å². The molecule has 0 atom stereocenters. The second-order valence-corrected chi connectivity index (χ2v) is 6.75. The maximum Gasteiger partial charge on any atom is 0.321 e. The molecular weight excluding hydrogens is 366 g/mol. The van der Waals surface area contributed by atoms with E-state index in [1.54, 1.807) is 12.1 Å². The van der Waals surface area contributed by atoms with Crippen molar-refractivity contribution < 1.29 is 14.0 Å². The molecule has 2 N–H and O–H groups in total. The molecule has 0 aliphatic heterocycles. The molecule has 140 valence electrons. The van der Waals surface area contributed by atoms with Crippen molar-refractivity contribution in [3.05, 3.63) is 59.8 Å². The minimum Gasteiger partial charge on any atom is -0.467 e. The van der Waals surface area contributed by atoms with E-state index in [0.717, 1.165) is 17.1 Å². The van der Waals surface area contributed by atoms with Gasteiger partial charge in [-0.05, 0) is 43.7 Å². The molecule has 0 bridgehead atoms. The van der Waals surface area contributed by atoms with Crippen molar-refractivity contribution in [1.29, 1.82) is 0 Å². The standard InChI is InChI=1S/C18H19N5O3S/c1-12-5-3-6-14(9-12)23-13(2)21-22-18(23)27-11-16(24)20-17(25)19-10-15-7-4-8-26-15/h3-9H,10-11H2,1-2H3,(H2,19,20,24,25). The number of aromatic nitrogens is 3. The van der Waals surface area contributed by atoms with Crippen LogP contribution in [-0.2, 0) is 11.3 Å². The van der Waals surface area contributed by atoms with Crippen molar-refractivity contribution in [2.24, 2.45) is 0 Å². The van der Waals surface area contributed by atoms with E-state index in [4.69, 9.17) is 4.42 Å². The molecule has 0 aliphatic rings. The van der Waals surface area contributed by atoms with Gasteiger partial charge in [0.05, 0.1) is 18.6 Å². The van der Waals surface area contributed by atoms with Crippen LogP contribution in [-0.4, -0.2) is 32.5 Å². The second-order valence-electron chi connectivity index (χ2n) is 5.80. The largest absolute Gasteiger partial charge is 0.467 e. The molecular formula is C18H19N5O3S. The highest BCUT2D eigenvalue weighted by molar-refractivity contribution is 7.99. The van der Waals surface area contributed by atoms with E-state index in [1.807, 2.05) is 42.7 Å². The number of hydrogen-bond acceptors (Lipinski definition) is 6. The van der Waals surface area contributed by atoms with E-state index < -0.39 is 11.9 Å². The van der Waals surface area contributed by atoms with Gasteiger partial charge in [0.2, 0.25) is 5.91 Å². The van der Waals surface area contributed by atoms with Crippen molar-refractivity contribution in [2.45, 2.75) is 25.5 Å². The first kappa shape index (κ1) is 18.7. The summed E-state index contributed by atoms with van der Waals surface area (Å²) in [5, 5.41) is 13.6. The zero-order valence-corrected chi connectivity index (χ0v) is 15.7. The lowest BCUT2D eigenvalue weighted by molar-refractivity contribution is -0.117. The number of benzene rings is 1. The maximum absolute atomic E-state index is 12.0. The van der Waals surface area contributed by atoms with Gasteiger partial charge in [-0.1, -0.05) is 23.9 Å². The first-order chi connectivity index (χ1) is 13.0. The normalized spacial score (nSPS) is 10.6. The number of hydrogen-bond donors (Lipinski definition) is 2. The third kappa shape index (κ3) is 4.98. The molecule has 1 aromatic carbocycles. The fraction of sp³-hybridized carbons (Fsp3) is 0.222. The van der Waals surface area contributed by atoms with Crippen molar-refractivity contribution in [1.82, 2.24) is 25.4 Å². The fourth-order valence-electron chi connectivity index (χ4n) is 2.42. The Balaban J connectivity index is 1.55. The monoisotopic (exact) mass is 385 g/mol. The number of carbonyl (C=O) groups excluding carboxylic acids is 2. The van der Waals surface area contributed by atoms with E-state index >= 15 is 0 Å². The molecule has 0 aliphatic carbocycles. The summed E-state index contributed by atoms with van der Waals surface area (Å²) in [5.41, 5.74) is 2.04. The van der Waals surface area contributed by atoms with Gasteiger partial charge in [-0.15, -0.1) is 10.2 Å². The Bertz CT molecular complexity index is 936. The van der Waals surface area contributed by atoms with Crippen LogP contribution >= 0.6 is 11.8 Å². The lowest BCUT2D eigenvalue weighted by Gasteiger charge is -2.09. The average molecular weight is 385 g/mol. The number of thioether (sulfide) groups is 1. The Hall–Kier alpha value is -3.07. The van der Waals surface area contributed by atoms with Crippen LogP contribution in [0.2, 0.25) is 0 Å². The Morgan fingerprint density at radius 3 is 2.78 bits per heavy atom. The Morgan fingerprint density at radius 2 is 2.04 bits per heavy atom. The molecule has 3 rings (SSSR count). The molecule has 0 saturated carbocycles. The van der Waals surface area contributed by atoms with Gasteiger partial charge in [-0.2, -0.15) is 0 Å². The lowest BCUT2D eigenvalue weighted by Crippen LogP contribution is -2.39. The molecule has 0 saturated heterocycles. The number of urea groups is 1. The van der Waals surface area contributed by atoms with Gasteiger partial charge in [0.25, 0.3) is 0 Å². The highest BCUT2D eigenvalue weighted by Gasteiger charge is 2.15. The molecule has 0 spiro atoms. The number of imide groups is 1. The van der Waals surface area contributed by atoms with Gasteiger partial charge < -0.3 is 9.73 Å². The van der Waals surface area contributed by atoms with Crippen LogP contribution in [0, 0.1) is 13.8 Å². The number of rotatable bonds is 6. The van der Waals surface area contributed by atoms with Crippen LogP contribution in [0.15, 0.2) is 52.2 Å². The fourth-order valence-corrected chi connectivity index (χ4v) is 3.22. The summed E-state index contributed by atoms with van der Waals surface area (Å²) in [4.78, 5) is 23.8. The van der Waals surface area contributed by atoms with Crippen molar-refractivity contribution >= 4 is 23.7 Å². The summed E-state index contributed by atoms with van der Waals surface area (Å²) in [6.07, 6.45) is 1.52. The second kappa shape index (κ2) is 8.54. The summed E-state index contributed by atoms with van der Waals surface area (Å²) >= 11 is 1.21. The van der Waals surface area contributed by atoms with Gasteiger partial charge in [0.15, 0.2) is 5.16 Å². The minimum absolute atomic E-state index is 0.0398. The Labute approximate surface area is 160 Å². The Kier molecular flexibility index (Phi) is 5.92. The predicted molar refractivity (Wildman–Crippen MR) is 101 cm³/mol. The van der Waals surface area contributed by atoms with E-state index in [1.165, 1.54) is 18.0 Å². The zero-order chi connectivity index (χ0) is 19.2. The quantitative estimate of drug-likeness (QED) is 0.633. The summed E-state index contributed by atoms with van der Waals surface area (Å²) in [6.45, 7) is 4.06. The SMILES string of the molecule is Cc1cccc(-n2c(C)nnc2SCC(=O)NC(=O)NCc2ccco2)c1. The number of amides is 3. The summed E-state index contributed by atoms with van der Waals surface area (Å²) < 4.78 is 6.99. The third-order valence-corrected chi connectivity index (χ3v) is 4.57. The van der Waals surface area contributed by atoms with Gasteiger partial charge in [0, 0.05) is 5.69 Å². The number of carbonyl (C=O) groups is 2. The number of furan rings is 1. The van der Waals surface area contributed by atoms with Gasteiger partial charge >= 0.3 is 6.03 Å². The highest BCUT2D eigenvalue weighted by atomic mass is 32.2. The molecule has 3 amide bonds. The summed E-state index contributed by atoms with van der Waals surface area (Å²) in [6, 6.07) is 10.8. The summed E-state index contributed by atoms with van der Waals surface area (Å²) in [5.74, 6) is 0.944. The Morgan fingerprint density at radius 1 is 1.19 bits per heavy atom. The topological polar surface area (TPSA) is 102 Å². The van der Waals surface area contributed by atoms with E-state index in [-0.39, 0.29) is 12.3 Å². The van der Waals surface area contributed by atoms with Crippen molar-refractivity contribution in [2.75, 3.05) is 5.75 Å². The molecule has 0 fully saturated rings. The van der Waals surface area contributed by atoms with Gasteiger partial charge in [-0.3, -0.25) is 14.7 Å². The van der Waals surface area contributed by atoms with E-state index in [0.29, 0.717) is 10.9 Å². The van der Waals surface area contributed by atoms with Crippen LogP contribution in [0.1, 0.15) is 17.1 Å². The lowest BCUT2D eigenvalue weighted by atomic mass is 10.2. The van der Waals surface area contributed by atoms with Gasteiger partial charge in [0.1, 0.15) is 11.6 Å². The maximum atomic E-state index is 12.0. The van der Waals surface area contributed by atoms with Crippen LogP contribution in [0.3, 0.4) is 0 Å². The zero-order valence-electron chi connectivity index (χ0n) is 14.9. The molecule has 3 aromatic rings. The minimum atomic E-state index is -0.576. The number of nitrogens with zero attached hydrogens (tertiary/aromatic N) is 3. The molecule has 27 heavy (non-hydrogen) atoms. The number of aryl methyl sites for hydroxylation is 2. The third-order valence-electron chi connectivity index (χ3n) is 3.64. The smallest absolute Gasteiger partial charge is 0.321 e. The predicted octanol–water partition coefficient (Wildman–Crippen LogP) is 2.60. The van der Waals surface area contributed by atoms with Crippen molar-refractivity contribution in [3.8, 4) is 5.69 Å². The van der Waals surface area contributed by atoms with Crippen LogP contribution in [0.25, 0.3) is 5.69 Å². The molecule has 9 heteroatoms. The van der Waals surface area contributed by atoms with Gasteiger partial charge in [-0.25, -0.2) is 4.79 Å². The molecule has 0 unspecified atom stereocenters. The molecule has 8 nitrogen and oxygen atoms in total. The average Bonchev–Trinajstić information content (AvgIpc) is 3.28. The molecule has 0 radical (unpaired) electrons. The highest BCUT2D eigenvalue weighted by Crippen LogP contribution is 2.22. The molecule has 2 aromatic heterocycles. The van der Waals surface area contributed by atoms with E-state index in [9.17, 15) is 9.59 Å². The summed E-state index contributed by atoms with van der Waals surface area (Å²) in [7, 11) is 0.